The number of aromatic nitrogens is 1. The van der Waals surface area contributed by atoms with Crippen LogP contribution in [0.25, 0.3) is 0 Å². The molecule has 1 N–H and O–H groups in total. The van der Waals surface area contributed by atoms with Crippen LogP contribution in [0.15, 0.2) is 12.1 Å². The summed E-state index contributed by atoms with van der Waals surface area (Å²) >= 11 is 5.94. The van der Waals surface area contributed by atoms with Crippen molar-refractivity contribution in [3.05, 3.63) is 28.5 Å². The molecule has 1 aliphatic heterocycles. The number of pyridine rings is 1. The SMILES string of the molecule is CCCc1cc(C(=O)NCC2COCCO2)cc(Cl)n1. The van der Waals surface area contributed by atoms with E-state index in [1.165, 1.54) is 0 Å². The van der Waals surface area contributed by atoms with Gasteiger partial charge in [0.15, 0.2) is 0 Å². The smallest absolute Gasteiger partial charge is 0.251 e. The van der Waals surface area contributed by atoms with Crippen LogP contribution in [-0.2, 0) is 15.9 Å². The van der Waals surface area contributed by atoms with E-state index >= 15 is 0 Å². The summed E-state index contributed by atoms with van der Waals surface area (Å²) in [6.45, 7) is 4.19. The van der Waals surface area contributed by atoms with Gasteiger partial charge in [-0.1, -0.05) is 24.9 Å². The Morgan fingerprint density at radius 1 is 1.50 bits per heavy atom. The topological polar surface area (TPSA) is 60.5 Å². The second-order valence-corrected chi connectivity index (χ2v) is 5.08. The summed E-state index contributed by atoms with van der Waals surface area (Å²) in [6.07, 6.45) is 1.68. The molecule has 0 saturated carbocycles. The van der Waals surface area contributed by atoms with Gasteiger partial charge in [-0.3, -0.25) is 4.79 Å². The molecule has 20 heavy (non-hydrogen) atoms. The third-order valence-electron chi connectivity index (χ3n) is 2.99. The Hall–Kier alpha value is -1.17. The zero-order valence-electron chi connectivity index (χ0n) is 11.5. The van der Waals surface area contributed by atoms with Gasteiger partial charge < -0.3 is 14.8 Å². The number of nitrogens with zero attached hydrogens (tertiary/aromatic N) is 1. The molecule has 5 nitrogen and oxygen atoms in total. The minimum atomic E-state index is -0.166. The van der Waals surface area contributed by atoms with Crippen molar-refractivity contribution in [2.75, 3.05) is 26.4 Å². The zero-order chi connectivity index (χ0) is 14.4. The van der Waals surface area contributed by atoms with Crippen molar-refractivity contribution in [1.82, 2.24) is 10.3 Å². The van der Waals surface area contributed by atoms with Gasteiger partial charge in [0.25, 0.3) is 5.91 Å². The predicted octanol–water partition coefficient (Wildman–Crippen LogP) is 1.83. The van der Waals surface area contributed by atoms with Crippen molar-refractivity contribution in [1.29, 1.82) is 0 Å². The Balaban J connectivity index is 1.93. The first-order chi connectivity index (χ1) is 9.69. The lowest BCUT2D eigenvalue weighted by atomic mass is 10.1. The highest BCUT2D eigenvalue weighted by Crippen LogP contribution is 2.12. The van der Waals surface area contributed by atoms with E-state index in [1.54, 1.807) is 12.1 Å². The van der Waals surface area contributed by atoms with Crippen LogP contribution in [-0.4, -0.2) is 43.4 Å². The molecule has 1 aliphatic rings. The van der Waals surface area contributed by atoms with Crippen LogP contribution in [0.2, 0.25) is 5.15 Å². The van der Waals surface area contributed by atoms with Gasteiger partial charge >= 0.3 is 0 Å². The molecule has 2 heterocycles. The number of carbonyl (C=O) groups is 1. The third kappa shape index (κ3) is 4.44. The highest BCUT2D eigenvalue weighted by molar-refractivity contribution is 6.29. The van der Waals surface area contributed by atoms with Gasteiger partial charge in [-0.2, -0.15) is 0 Å². The van der Waals surface area contributed by atoms with Crippen LogP contribution in [0.3, 0.4) is 0 Å². The average Bonchev–Trinajstić information content (AvgIpc) is 2.45. The van der Waals surface area contributed by atoms with Crippen LogP contribution in [0.5, 0.6) is 0 Å². The fraction of sp³-hybridized carbons (Fsp3) is 0.571. The lowest BCUT2D eigenvalue weighted by Crippen LogP contribution is -2.39. The number of hydrogen-bond acceptors (Lipinski definition) is 4. The highest BCUT2D eigenvalue weighted by Gasteiger charge is 2.16. The first-order valence-electron chi connectivity index (χ1n) is 6.83. The molecule has 0 aliphatic carbocycles. The van der Waals surface area contributed by atoms with Crippen molar-refractivity contribution in [3.8, 4) is 0 Å². The van der Waals surface area contributed by atoms with Crippen LogP contribution >= 0.6 is 11.6 Å². The van der Waals surface area contributed by atoms with Crippen molar-refractivity contribution in [2.24, 2.45) is 0 Å². The van der Waals surface area contributed by atoms with Crippen molar-refractivity contribution in [3.63, 3.8) is 0 Å². The number of aryl methyl sites for hydroxylation is 1. The molecule has 0 aromatic carbocycles. The Morgan fingerprint density at radius 3 is 3.05 bits per heavy atom. The molecule has 1 aromatic heterocycles. The van der Waals surface area contributed by atoms with Crippen molar-refractivity contribution < 1.29 is 14.3 Å². The largest absolute Gasteiger partial charge is 0.376 e. The second kappa shape index (κ2) is 7.57. The molecule has 1 unspecified atom stereocenters. The molecule has 110 valence electrons. The Bertz CT molecular complexity index is 462. The van der Waals surface area contributed by atoms with Gasteiger partial charge in [0.1, 0.15) is 5.15 Å². The van der Waals surface area contributed by atoms with Crippen molar-refractivity contribution >= 4 is 17.5 Å². The summed E-state index contributed by atoms with van der Waals surface area (Å²) in [6, 6.07) is 3.36. The molecule has 0 spiro atoms. The number of nitrogens with one attached hydrogen (secondary N) is 1. The predicted molar refractivity (Wildman–Crippen MR) is 76.1 cm³/mol. The molecular weight excluding hydrogens is 280 g/mol. The van der Waals surface area contributed by atoms with Crippen LogP contribution < -0.4 is 5.32 Å². The van der Waals surface area contributed by atoms with Crippen LogP contribution in [0.4, 0.5) is 0 Å². The maximum atomic E-state index is 12.1. The minimum absolute atomic E-state index is 0.0832. The molecule has 6 heteroatoms. The summed E-state index contributed by atoms with van der Waals surface area (Å²) in [5.41, 5.74) is 1.37. The summed E-state index contributed by atoms with van der Waals surface area (Å²) in [4.78, 5) is 16.3. The third-order valence-corrected chi connectivity index (χ3v) is 3.18. The normalized spacial score (nSPS) is 18.8. The number of amides is 1. The quantitative estimate of drug-likeness (QED) is 0.843. The molecule has 1 atom stereocenters. The van der Waals surface area contributed by atoms with Crippen LogP contribution in [0.1, 0.15) is 29.4 Å². The number of ether oxygens (including phenoxy) is 2. The van der Waals surface area contributed by atoms with Crippen molar-refractivity contribution in [2.45, 2.75) is 25.9 Å². The minimum Gasteiger partial charge on any atom is -0.376 e. The second-order valence-electron chi connectivity index (χ2n) is 4.70. The fourth-order valence-electron chi connectivity index (χ4n) is 2.03. The van der Waals surface area contributed by atoms with E-state index in [4.69, 9.17) is 21.1 Å². The van der Waals surface area contributed by atoms with Gasteiger partial charge in [-0.25, -0.2) is 4.98 Å². The molecule has 1 fully saturated rings. The van der Waals surface area contributed by atoms with E-state index in [1.807, 2.05) is 0 Å². The lowest BCUT2D eigenvalue weighted by Gasteiger charge is -2.23. The molecule has 1 amide bonds. The van der Waals surface area contributed by atoms with E-state index in [0.29, 0.717) is 37.1 Å². The summed E-state index contributed by atoms with van der Waals surface area (Å²) in [5, 5.41) is 3.18. The Kier molecular flexibility index (Phi) is 5.76. The van der Waals surface area contributed by atoms with Gasteiger partial charge in [0, 0.05) is 17.8 Å². The van der Waals surface area contributed by atoms with E-state index in [-0.39, 0.29) is 12.0 Å². The first kappa shape index (κ1) is 15.2. The summed E-state index contributed by atoms with van der Waals surface area (Å²) < 4.78 is 10.8. The Labute approximate surface area is 123 Å². The number of hydrogen-bond donors (Lipinski definition) is 1. The van der Waals surface area contributed by atoms with E-state index < -0.39 is 0 Å². The number of carbonyl (C=O) groups excluding carboxylic acids is 1. The van der Waals surface area contributed by atoms with Gasteiger partial charge in [-0.05, 0) is 18.6 Å². The maximum absolute atomic E-state index is 12.1. The molecule has 1 aromatic rings. The monoisotopic (exact) mass is 298 g/mol. The van der Waals surface area contributed by atoms with Gasteiger partial charge in [0.2, 0.25) is 0 Å². The fourth-order valence-corrected chi connectivity index (χ4v) is 2.26. The van der Waals surface area contributed by atoms with Crippen LogP contribution in [0, 0.1) is 0 Å². The number of rotatable bonds is 5. The molecule has 2 rings (SSSR count). The zero-order valence-corrected chi connectivity index (χ0v) is 12.3. The first-order valence-corrected chi connectivity index (χ1v) is 7.21. The number of halogens is 1. The molecule has 1 saturated heterocycles. The summed E-state index contributed by atoms with van der Waals surface area (Å²) in [7, 11) is 0. The maximum Gasteiger partial charge on any atom is 0.251 e. The lowest BCUT2D eigenvalue weighted by molar-refractivity contribution is -0.0855. The average molecular weight is 299 g/mol. The van der Waals surface area contributed by atoms with Gasteiger partial charge in [-0.15, -0.1) is 0 Å². The molecular formula is C14H19ClN2O3. The highest BCUT2D eigenvalue weighted by atomic mass is 35.5. The molecule has 0 radical (unpaired) electrons. The van der Waals surface area contributed by atoms with E-state index in [9.17, 15) is 4.79 Å². The Morgan fingerprint density at radius 2 is 2.35 bits per heavy atom. The van der Waals surface area contributed by atoms with E-state index in [0.717, 1.165) is 18.5 Å². The summed E-state index contributed by atoms with van der Waals surface area (Å²) in [5.74, 6) is -0.166. The molecule has 0 bridgehead atoms. The van der Waals surface area contributed by atoms with Gasteiger partial charge in [0.05, 0.1) is 25.9 Å². The van der Waals surface area contributed by atoms with E-state index in [2.05, 4.69) is 17.2 Å². The standard InChI is InChI=1S/C14H19ClN2O3/c1-2-3-11-6-10(7-13(15)17-11)14(18)16-8-12-9-19-4-5-20-12/h6-7,12H,2-5,8-9H2,1H3,(H,16,18).